The lowest BCUT2D eigenvalue weighted by Crippen LogP contribution is -2.47. The first kappa shape index (κ1) is 13.2. The summed E-state index contributed by atoms with van der Waals surface area (Å²) < 4.78 is 0. The maximum absolute atomic E-state index is 12.6. The molecule has 106 valence electrons. The molecule has 2 saturated heterocycles. The van der Waals surface area contributed by atoms with Gasteiger partial charge in [0.25, 0.3) is 0 Å². The second kappa shape index (κ2) is 6.08. The van der Waals surface area contributed by atoms with Gasteiger partial charge in [-0.1, -0.05) is 12.2 Å². The monoisotopic (exact) mass is 262 g/mol. The SMILES string of the molecule is O=C(C1CC=CCC1)N1CCCC(C2CCCN2)C1. The van der Waals surface area contributed by atoms with Crippen LogP contribution < -0.4 is 5.32 Å². The average molecular weight is 262 g/mol. The predicted molar refractivity (Wildman–Crippen MR) is 76.8 cm³/mol. The maximum Gasteiger partial charge on any atom is 0.226 e. The Kier molecular flexibility index (Phi) is 4.21. The molecule has 1 N–H and O–H groups in total. The van der Waals surface area contributed by atoms with Crippen molar-refractivity contribution in [3.63, 3.8) is 0 Å². The van der Waals surface area contributed by atoms with Gasteiger partial charge in [-0.15, -0.1) is 0 Å². The van der Waals surface area contributed by atoms with Gasteiger partial charge in [-0.2, -0.15) is 0 Å². The fourth-order valence-corrected chi connectivity index (χ4v) is 3.93. The van der Waals surface area contributed by atoms with E-state index < -0.39 is 0 Å². The minimum atomic E-state index is 0.264. The molecule has 0 aromatic rings. The molecular formula is C16H26N2O. The van der Waals surface area contributed by atoms with Crippen molar-refractivity contribution in [1.82, 2.24) is 10.2 Å². The van der Waals surface area contributed by atoms with E-state index in [1.54, 1.807) is 0 Å². The number of likely N-dealkylation sites (tertiary alicyclic amines) is 1. The van der Waals surface area contributed by atoms with E-state index in [-0.39, 0.29) is 5.92 Å². The number of piperidine rings is 1. The Hall–Kier alpha value is -0.830. The van der Waals surface area contributed by atoms with E-state index in [2.05, 4.69) is 22.4 Å². The molecule has 3 unspecified atom stereocenters. The van der Waals surface area contributed by atoms with Crippen molar-refractivity contribution in [3.05, 3.63) is 12.2 Å². The minimum absolute atomic E-state index is 0.264. The van der Waals surface area contributed by atoms with Gasteiger partial charge in [0.05, 0.1) is 0 Å². The van der Waals surface area contributed by atoms with Crippen molar-refractivity contribution in [3.8, 4) is 0 Å². The summed E-state index contributed by atoms with van der Waals surface area (Å²) in [6.07, 6.45) is 12.6. The van der Waals surface area contributed by atoms with E-state index in [0.717, 1.165) is 32.4 Å². The van der Waals surface area contributed by atoms with Crippen LogP contribution in [0.2, 0.25) is 0 Å². The summed E-state index contributed by atoms with van der Waals surface area (Å²) in [7, 11) is 0. The zero-order valence-corrected chi connectivity index (χ0v) is 11.8. The molecule has 2 aliphatic heterocycles. The fourth-order valence-electron chi connectivity index (χ4n) is 3.93. The van der Waals surface area contributed by atoms with Gasteiger partial charge < -0.3 is 10.2 Å². The first-order valence-corrected chi connectivity index (χ1v) is 8.02. The summed E-state index contributed by atoms with van der Waals surface area (Å²) in [5, 5.41) is 3.62. The first-order valence-electron chi connectivity index (χ1n) is 8.02. The van der Waals surface area contributed by atoms with Gasteiger partial charge in [-0.3, -0.25) is 4.79 Å². The second-order valence-corrected chi connectivity index (χ2v) is 6.37. The van der Waals surface area contributed by atoms with Gasteiger partial charge in [-0.05, 0) is 57.4 Å². The summed E-state index contributed by atoms with van der Waals surface area (Å²) in [4.78, 5) is 14.7. The normalized spacial score (nSPS) is 35.6. The van der Waals surface area contributed by atoms with Crippen molar-refractivity contribution < 1.29 is 4.79 Å². The van der Waals surface area contributed by atoms with Crippen LogP contribution in [0.3, 0.4) is 0 Å². The number of rotatable bonds is 2. The third-order valence-electron chi connectivity index (χ3n) is 5.06. The van der Waals surface area contributed by atoms with Crippen LogP contribution in [0.5, 0.6) is 0 Å². The Morgan fingerprint density at radius 2 is 2.11 bits per heavy atom. The molecule has 0 aromatic carbocycles. The number of allylic oxidation sites excluding steroid dienone is 2. The molecule has 19 heavy (non-hydrogen) atoms. The Bertz CT molecular complexity index is 347. The molecule has 0 bridgehead atoms. The van der Waals surface area contributed by atoms with Gasteiger partial charge in [0.1, 0.15) is 0 Å². The molecule has 0 aromatic heterocycles. The van der Waals surface area contributed by atoms with E-state index in [4.69, 9.17) is 0 Å². The molecule has 2 fully saturated rings. The number of amides is 1. The molecule has 0 spiro atoms. The van der Waals surface area contributed by atoms with Crippen LogP contribution in [0.4, 0.5) is 0 Å². The molecule has 3 nitrogen and oxygen atoms in total. The Labute approximate surface area is 116 Å². The lowest BCUT2D eigenvalue weighted by atomic mass is 9.87. The lowest BCUT2D eigenvalue weighted by Gasteiger charge is -2.37. The molecule has 1 amide bonds. The smallest absolute Gasteiger partial charge is 0.226 e. The third-order valence-corrected chi connectivity index (χ3v) is 5.06. The Balaban J connectivity index is 1.57. The number of hydrogen-bond donors (Lipinski definition) is 1. The number of carbonyl (C=O) groups excluding carboxylic acids is 1. The highest BCUT2D eigenvalue weighted by atomic mass is 16.2. The molecule has 3 heteroatoms. The standard InChI is InChI=1S/C16H26N2O/c19-16(13-6-2-1-3-7-13)18-11-5-8-14(12-18)15-9-4-10-17-15/h1-2,13-15,17H,3-12H2. The largest absolute Gasteiger partial charge is 0.342 e. The molecular weight excluding hydrogens is 236 g/mol. The van der Waals surface area contributed by atoms with E-state index in [1.807, 2.05) is 0 Å². The van der Waals surface area contributed by atoms with E-state index >= 15 is 0 Å². The molecule has 1 aliphatic carbocycles. The Morgan fingerprint density at radius 3 is 2.84 bits per heavy atom. The van der Waals surface area contributed by atoms with Crippen LogP contribution in [0.25, 0.3) is 0 Å². The van der Waals surface area contributed by atoms with Gasteiger partial charge in [0.2, 0.25) is 5.91 Å². The number of nitrogens with zero attached hydrogens (tertiary/aromatic N) is 1. The summed E-state index contributed by atoms with van der Waals surface area (Å²) in [5.74, 6) is 1.38. The second-order valence-electron chi connectivity index (χ2n) is 6.37. The summed E-state index contributed by atoms with van der Waals surface area (Å²) in [6, 6.07) is 0.668. The zero-order chi connectivity index (χ0) is 13.1. The molecule has 3 rings (SSSR count). The van der Waals surface area contributed by atoms with Crippen molar-refractivity contribution in [1.29, 1.82) is 0 Å². The maximum atomic E-state index is 12.6. The number of carbonyl (C=O) groups is 1. The summed E-state index contributed by atoms with van der Waals surface area (Å²) in [6.45, 7) is 3.15. The van der Waals surface area contributed by atoms with E-state index in [0.29, 0.717) is 17.9 Å². The van der Waals surface area contributed by atoms with Crippen LogP contribution in [-0.2, 0) is 4.79 Å². The van der Waals surface area contributed by atoms with Crippen molar-refractivity contribution in [2.75, 3.05) is 19.6 Å². The highest BCUT2D eigenvalue weighted by Crippen LogP contribution is 2.27. The van der Waals surface area contributed by atoms with Crippen LogP contribution in [0.1, 0.15) is 44.9 Å². The molecule has 3 aliphatic rings. The quantitative estimate of drug-likeness (QED) is 0.775. The van der Waals surface area contributed by atoms with Crippen LogP contribution in [0, 0.1) is 11.8 Å². The number of nitrogens with one attached hydrogen (secondary N) is 1. The molecule has 2 heterocycles. The lowest BCUT2D eigenvalue weighted by molar-refractivity contribution is -0.137. The first-order chi connectivity index (χ1) is 9.34. The molecule has 0 radical (unpaired) electrons. The van der Waals surface area contributed by atoms with Crippen LogP contribution >= 0.6 is 0 Å². The third kappa shape index (κ3) is 3.02. The van der Waals surface area contributed by atoms with Gasteiger partial charge in [0.15, 0.2) is 0 Å². The van der Waals surface area contributed by atoms with Crippen LogP contribution in [0.15, 0.2) is 12.2 Å². The van der Waals surface area contributed by atoms with E-state index in [9.17, 15) is 4.79 Å². The van der Waals surface area contributed by atoms with Crippen molar-refractivity contribution >= 4 is 5.91 Å². The predicted octanol–water partition coefficient (Wildman–Crippen LogP) is 2.33. The molecule has 3 atom stereocenters. The Morgan fingerprint density at radius 1 is 1.16 bits per heavy atom. The molecule has 0 saturated carbocycles. The zero-order valence-electron chi connectivity index (χ0n) is 11.8. The highest BCUT2D eigenvalue weighted by molar-refractivity contribution is 5.79. The van der Waals surface area contributed by atoms with Gasteiger partial charge in [0, 0.05) is 25.0 Å². The van der Waals surface area contributed by atoms with Crippen LogP contribution in [-0.4, -0.2) is 36.5 Å². The summed E-state index contributed by atoms with van der Waals surface area (Å²) in [5.41, 5.74) is 0. The fraction of sp³-hybridized carbons (Fsp3) is 0.812. The minimum Gasteiger partial charge on any atom is -0.342 e. The van der Waals surface area contributed by atoms with Crippen molar-refractivity contribution in [2.45, 2.75) is 51.0 Å². The van der Waals surface area contributed by atoms with Gasteiger partial charge in [-0.25, -0.2) is 0 Å². The van der Waals surface area contributed by atoms with E-state index in [1.165, 1.54) is 32.2 Å². The topological polar surface area (TPSA) is 32.3 Å². The van der Waals surface area contributed by atoms with Gasteiger partial charge >= 0.3 is 0 Å². The average Bonchev–Trinajstić information content (AvgIpc) is 3.02. The summed E-state index contributed by atoms with van der Waals surface area (Å²) >= 11 is 0. The number of hydrogen-bond acceptors (Lipinski definition) is 2. The van der Waals surface area contributed by atoms with Crippen molar-refractivity contribution in [2.24, 2.45) is 11.8 Å². The highest BCUT2D eigenvalue weighted by Gasteiger charge is 2.33.